The van der Waals surface area contributed by atoms with E-state index in [0.717, 1.165) is 5.39 Å². The first-order valence-electron chi connectivity index (χ1n) is 5.00. The highest BCUT2D eigenvalue weighted by molar-refractivity contribution is 9.10. The lowest BCUT2D eigenvalue weighted by molar-refractivity contribution is -0.117. The topological polar surface area (TPSA) is 74.8 Å². The van der Waals surface area contributed by atoms with Crippen molar-refractivity contribution < 1.29 is 4.79 Å². The van der Waals surface area contributed by atoms with Crippen molar-refractivity contribution in [3.8, 4) is 0 Å². The minimum absolute atomic E-state index is 0.0260. The summed E-state index contributed by atoms with van der Waals surface area (Å²) in [5.41, 5.74) is 0.539. The van der Waals surface area contributed by atoms with Crippen LogP contribution >= 0.6 is 28.6 Å². The molecule has 1 saturated heterocycles. The van der Waals surface area contributed by atoms with E-state index in [1.165, 1.54) is 6.33 Å². The second kappa shape index (κ2) is 3.95. The standard InChI is InChI=1S/C9H8BrN5OS/c10-7-6-8(14-13-7)11-3-12-9(6)15-2-4(17)1-5(15)16/h3-4,17H,1-2H2,(H,11,12,13,14). The number of H-pyrrole nitrogens is 1. The van der Waals surface area contributed by atoms with Gasteiger partial charge in [0.2, 0.25) is 5.91 Å². The molecule has 1 aliphatic rings. The molecular formula is C9H8BrN5OS. The average molecular weight is 314 g/mol. The Hall–Kier alpha value is -1.15. The zero-order chi connectivity index (χ0) is 12.0. The van der Waals surface area contributed by atoms with Crippen LogP contribution in [0.5, 0.6) is 0 Å². The zero-order valence-corrected chi connectivity index (χ0v) is 11.1. The molecule has 1 amide bonds. The second-order valence-electron chi connectivity index (χ2n) is 3.80. The molecule has 1 fully saturated rings. The summed E-state index contributed by atoms with van der Waals surface area (Å²) in [6, 6.07) is 0. The van der Waals surface area contributed by atoms with E-state index in [1.54, 1.807) is 4.90 Å². The van der Waals surface area contributed by atoms with E-state index in [4.69, 9.17) is 0 Å². The number of carbonyl (C=O) groups excluding carboxylic acids is 1. The second-order valence-corrected chi connectivity index (χ2v) is 5.32. The first-order chi connectivity index (χ1) is 8.16. The molecule has 0 aromatic carbocycles. The number of amides is 1. The highest BCUT2D eigenvalue weighted by atomic mass is 79.9. The van der Waals surface area contributed by atoms with E-state index in [-0.39, 0.29) is 11.2 Å². The van der Waals surface area contributed by atoms with Crippen LogP contribution < -0.4 is 4.90 Å². The van der Waals surface area contributed by atoms with E-state index in [2.05, 4.69) is 48.7 Å². The number of hydrogen-bond donors (Lipinski definition) is 2. The summed E-state index contributed by atoms with van der Waals surface area (Å²) < 4.78 is 0.679. The lowest BCUT2D eigenvalue weighted by Crippen LogP contribution is -2.25. The summed E-state index contributed by atoms with van der Waals surface area (Å²) in [6.45, 7) is 0.561. The van der Waals surface area contributed by atoms with Gasteiger partial charge in [0.1, 0.15) is 10.9 Å². The normalized spacial score (nSPS) is 20.5. The van der Waals surface area contributed by atoms with Crippen molar-refractivity contribution in [3.05, 3.63) is 10.9 Å². The monoisotopic (exact) mass is 313 g/mol. The van der Waals surface area contributed by atoms with E-state index in [9.17, 15) is 4.79 Å². The molecule has 0 spiro atoms. The molecule has 2 aromatic heterocycles. The molecule has 0 bridgehead atoms. The van der Waals surface area contributed by atoms with Crippen molar-refractivity contribution in [1.82, 2.24) is 20.2 Å². The van der Waals surface area contributed by atoms with Gasteiger partial charge in [-0.05, 0) is 15.9 Å². The van der Waals surface area contributed by atoms with Crippen molar-refractivity contribution in [2.45, 2.75) is 11.7 Å². The number of nitrogens with one attached hydrogen (secondary N) is 1. The lowest BCUT2D eigenvalue weighted by atomic mass is 10.3. The van der Waals surface area contributed by atoms with Gasteiger partial charge in [-0.25, -0.2) is 9.97 Å². The van der Waals surface area contributed by atoms with E-state index in [0.29, 0.717) is 29.0 Å². The third-order valence-corrected chi connectivity index (χ3v) is 3.57. The molecule has 2 aromatic rings. The Labute approximate surface area is 110 Å². The van der Waals surface area contributed by atoms with Crippen LogP contribution in [0.4, 0.5) is 5.82 Å². The smallest absolute Gasteiger partial charge is 0.229 e. The number of aromatic nitrogens is 4. The number of anilines is 1. The van der Waals surface area contributed by atoms with Gasteiger partial charge in [0.25, 0.3) is 0 Å². The zero-order valence-electron chi connectivity index (χ0n) is 8.59. The predicted molar refractivity (Wildman–Crippen MR) is 69.1 cm³/mol. The van der Waals surface area contributed by atoms with Crippen LogP contribution in [-0.2, 0) is 4.79 Å². The van der Waals surface area contributed by atoms with Crippen LogP contribution in [0.2, 0.25) is 0 Å². The maximum absolute atomic E-state index is 11.8. The summed E-state index contributed by atoms with van der Waals surface area (Å²) in [7, 11) is 0. The van der Waals surface area contributed by atoms with Crippen LogP contribution in [0.15, 0.2) is 10.9 Å². The van der Waals surface area contributed by atoms with E-state index >= 15 is 0 Å². The Bertz CT molecular complexity index is 600. The lowest BCUT2D eigenvalue weighted by Gasteiger charge is -2.15. The van der Waals surface area contributed by atoms with Gasteiger partial charge in [0, 0.05) is 18.2 Å². The highest BCUT2D eigenvalue weighted by Gasteiger charge is 2.31. The van der Waals surface area contributed by atoms with Crippen molar-refractivity contribution in [2.75, 3.05) is 11.4 Å². The Balaban J connectivity index is 2.17. The molecule has 0 aliphatic carbocycles. The Kier molecular flexibility index (Phi) is 2.55. The molecule has 17 heavy (non-hydrogen) atoms. The Morgan fingerprint density at radius 3 is 3.06 bits per heavy atom. The van der Waals surface area contributed by atoms with Crippen molar-refractivity contribution in [3.63, 3.8) is 0 Å². The fourth-order valence-corrected chi connectivity index (χ4v) is 2.67. The Morgan fingerprint density at radius 1 is 1.53 bits per heavy atom. The van der Waals surface area contributed by atoms with Gasteiger partial charge in [-0.3, -0.25) is 14.8 Å². The van der Waals surface area contributed by atoms with Crippen LogP contribution in [0, 0.1) is 0 Å². The number of hydrogen-bond acceptors (Lipinski definition) is 5. The number of thiol groups is 1. The molecule has 6 nitrogen and oxygen atoms in total. The maximum atomic E-state index is 11.8. The van der Waals surface area contributed by atoms with Crippen molar-refractivity contribution >= 4 is 51.3 Å². The van der Waals surface area contributed by atoms with Crippen LogP contribution in [0.25, 0.3) is 11.0 Å². The van der Waals surface area contributed by atoms with Crippen LogP contribution in [0.3, 0.4) is 0 Å². The van der Waals surface area contributed by atoms with Crippen LogP contribution in [0.1, 0.15) is 6.42 Å². The fraction of sp³-hybridized carbons (Fsp3) is 0.333. The first-order valence-corrected chi connectivity index (χ1v) is 6.31. The molecular weight excluding hydrogens is 306 g/mol. The van der Waals surface area contributed by atoms with Crippen LogP contribution in [-0.4, -0.2) is 37.9 Å². The molecule has 3 rings (SSSR count). The molecule has 8 heteroatoms. The number of rotatable bonds is 1. The maximum Gasteiger partial charge on any atom is 0.229 e. The molecule has 0 radical (unpaired) electrons. The minimum atomic E-state index is 0.0260. The minimum Gasteiger partial charge on any atom is -0.295 e. The molecule has 0 saturated carbocycles. The number of nitrogens with zero attached hydrogens (tertiary/aromatic N) is 4. The summed E-state index contributed by atoms with van der Waals surface area (Å²) in [5.74, 6) is 0.607. The Morgan fingerprint density at radius 2 is 2.35 bits per heavy atom. The number of carbonyl (C=O) groups is 1. The van der Waals surface area contributed by atoms with Gasteiger partial charge in [0.15, 0.2) is 11.5 Å². The third kappa shape index (κ3) is 1.71. The van der Waals surface area contributed by atoms with Crippen molar-refractivity contribution in [2.24, 2.45) is 0 Å². The van der Waals surface area contributed by atoms with Gasteiger partial charge < -0.3 is 0 Å². The number of halogens is 1. The van der Waals surface area contributed by atoms with Crippen molar-refractivity contribution in [1.29, 1.82) is 0 Å². The molecule has 1 N–H and O–H groups in total. The van der Waals surface area contributed by atoms with Gasteiger partial charge in [0.05, 0.1) is 5.39 Å². The quantitative estimate of drug-likeness (QED) is 0.775. The average Bonchev–Trinajstić information content (AvgIpc) is 2.83. The summed E-state index contributed by atoms with van der Waals surface area (Å²) >= 11 is 7.67. The third-order valence-electron chi connectivity index (χ3n) is 2.65. The number of fused-ring (bicyclic) bond motifs is 1. The summed E-state index contributed by atoms with van der Waals surface area (Å²) in [5, 5.41) is 7.57. The molecule has 1 unspecified atom stereocenters. The molecule has 88 valence electrons. The van der Waals surface area contributed by atoms with Gasteiger partial charge in [-0.2, -0.15) is 17.7 Å². The molecule has 1 atom stereocenters. The number of aromatic amines is 1. The fourth-order valence-electron chi connectivity index (χ4n) is 1.90. The van der Waals surface area contributed by atoms with Gasteiger partial charge in [-0.1, -0.05) is 0 Å². The first kappa shape index (κ1) is 11.0. The largest absolute Gasteiger partial charge is 0.295 e. The molecule has 3 heterocycles. The van der Waals surface area contributed by atoms with Gasteiger partial charge >= 0.3 is 0 Å². The summed E-state index contributed by atoms with van der Waals surface area (Å²) in [6.07, 6.45) is 1.84. The molecule has 1 aliphatic heterocycles. The SMILES string of the molecule is O=C1CC(S)CN1c1ncnc2n[nH]c(Br)c12. The van der Waals surface area contributed by atoms with E-state index in [1.807, 2.05) is 0 Å². The van der Waals surface area contributed by atoms with Gasteiger partial charge in [-0.15, -0.1) is 0 Å². The highest BCUT2D eigenvalue weighted by Crippen LogP contribution is 2.31. The van der Waals surface area contributed by atoms with E-state index < -0.39 is 0 Å². The summed E-state index contributed by atoms with van der Waals surface area (Å²) in [4.78, 5) is 21.7. The predicted octanol–water partition coefficient (Wildman–Crippen LogP) is 1.15.